The summed E-state index contributed by atoms with van der Waals surface area (Å²) in [5.74, 6) is 0.905. The molecule has 2 aliphatic heterocycles. The van der Waals surface area contributed by atoms with Crippen LogP contribution in [0.25, 0.3) is 0 Å². The molecule has 3 aliphatic rings. The molecule has 2 aromatic carbocycles. The number of piperazine rings is 1. The molecule has 0 radical (unpaired) electrons. The van der Waals surface area contributed by atoms with Gasteiger partial charge < -0.3 is 25.6 Å². The van der Waals surface area contributed by atoms with Gasteiger partial charge in [-0.2, -0.15) is 18.2 Å². The minimum atomic E-state index is -4.65. The Balaban J connectivity index is 1.18. The van der Waals surface area contributed by atoms with Crippen LogP contribution in [-0.2, 0) is 23.9 Å². The average Bonchev–Trinajstić information content (AvgIpc) is 3.68. The number of rotatable bonds is 9. The molecule has 2 fully saturated rings. The molecule has 3 N–H and O–H groups in total. The molecular weight excluding hydrogens is 535 g/mol. The first-order valence-electron chi connectivity index (χ1n) is 13.8. The lowest BCUT2D eigenvalue weighted by atomic mass is 10.0. The zero-order valence-corrected chi connectivity index (χ0v) is 22.7. The summed E-state index contributed by atoms with van der Waals surface area (Å²) in [4.78, 5) is 24.8. The predicted molar refractivity (Wildman–Crippen MR) is 151 cm³/mol. The molecule has 0 bridgehead atoms. The van der Waals surface area contributed by atoms with Crippen LogP contribution >= 0.6 is 0 Å². The fourth-order valence-electron chi connectivity index (χ4n) is 5.40. The van der Waals surface area contributed by atoms with Crippen LogP contribution < -0.4 is 25.6 Å². The first-order valence-corrected chi connectivity index (χ1v) is 13.8. The highest BCUT2D eigenvalue weighted by molar-refractivity contribution is 5.99. The number of carbonyl (C=O) groups excluding carboxylic acids is 1. The van der Waals surface area contributed by atoms with E-state index in [0.29, 0.717) is 22.7 Å². The van der Waals surface area contributed by atoms with Crippen molar-refractivity contribution in [1.82, 2.24) is 14.9 Å². The molecule has 0 spiro atoms. The number of nitrogens with one attached hydrogen (secondary N) is 3. The van der Waals surface area contributed by atoms with Crippen LogP contribution in [0.4, 0.5) is 42.0 Å². The maximum Gasteiger partial charge on any atom is 0.421 e. The van der Waals surface area contributed by atoms with Crippen LogP contribution in [0, 0.1) is 5.92 Å². The zero-order valence-electron chi connectivity index (χ0n) is 22.7. The SMILES string of the molecule is COc1cc(N2CCN(CC3CC3)CC2)ccc1Nc1ncc(C(F)(F)F)c(NCc2cccc3c2CC(=O)N3)n1. The van der Waals surface area contributed by atoms with Crippen molar-refractivity contribution in [2.45, 2.75) is 32.0 Å². The van der Waals surface area contributed by atoms with Crippen LogP contribution in [0.5, 0.6) is 5.75 Å². The van der Waals surface area contributed by atoms with E-state index in [9.17, 15) is 18.0 Å². The zero-order chi connectivity index (χ0) is 28.6. The van der Waals surface area contributed by atoms with E-state index in [1.54, 1.807) is 25.3 Å². The molecule has 3 aromatic rings. The third kappa shape index (κ3) is 6.17. The lowest BCUT2D eigenvalue weighted by molar-refractivity contribution is -0.137. The lowest BCUT2D eigenvalue weighted by Gasteiger charge is -2.36. The lowest BCUT2D eigenvalue weighted by Crippen LogP contribution is -2.47. The topological polar surface area (TPSA) is 94.7 Å². The summed E-state index contributed by atoms with van der Waals surface area (Å²) < 4.78 is 47.0. The number of alkyl halides is 3. The Labute approximate surface area is 236 Å². The summed E-state index contributed by atoms with van der Waals surface area (Å²) in [5.41, 5.74) is 2.74. The summed E-state index contributed by atoms with van der Waals surface area (Å²) in [5, 5.41) is 8.59. The fourth-order valence-corrected chi connectivity index (χ4v) is 5.40. The number of hydrogen-bond donors (Lipinski definition) is 3. The van der Waals surface area contributed by atoms with Gasteiger partial charge in [-0.1, -0.05) is 12.1 Å². The van der Waals surface area contributed by atoms with Gasteiger partial charge in [-0.05, 0) is 48.1 Å². The number of benzene rings is 2. The highest BCUT2D eigenvalue weighted by Gasteiger charge is 2.35. The predicted octanol–water partition coefficient (Wildman–Crippen LogP) is 4.89. The molecule has 0 atom stereocenters. The number of fused-ring (bicyclic) bond motifs is 1. The van der Waals surface area contributed by atoms with Gasteiger partial charge in [-0.3, -0.25) is 9.69 Å². The highest BCUT2D eigenvalue weighted by atomic mass is 19.4. The first kappa shape index (κ1) is 27.1. The summed E-state index contributed by atoms with van der Waals surface area (Å²) in [6.07, 6.45) is -1.01. The van der Waals surface area contributed by atoms with E-state index in [0.717, 1.165) is 49.5 Å². The third-order valence-electron chi connectivity index (χ3n) is 7.81. The van der Waals surface area contributed by atoms with Crippen LogP contribution in [0.2, 0.25) is 0 Å². The molecule has 1 amide bonds. The van der Waals surface area contributed by atoms with Crippen molar-refractivity contribution < 1.29 is 22.7 Å². The molecule has 3 heterocycles. The first-order chi connectivity index (χ1) is 19.8. The van der Waals surface area contributed by atoms with Gasteiger partial charge in [0.25, 0.3) is 0 Å². The molecule has 1 saturated heterocycles. The number of ether oxygens (including phenoxy) is 1. The number of anilines is 5. The summed E-state index contributed by atoms with van der Waals surface area (Å²) in [6.45, 7) is 5.14. The van der Waals surface area contributed by atoms with Gasteiger partial charge in [0.2, 0.25) is 11.9 Å². The summed E-state index contributed by atoms with van der Waals surface area (Å²) in [7, 11) is 1.55. The van der Waals surface area contributed by atoms with Crippen molar-refractivity contribution in [1.29, 1.82) is 0 Å². The molecule has 1 aromatic heterocycles. The molecule has 1 aliphatic carbocycles. The quantitative estimate of drug-likeness (QED) is 0.337. The second kappa shape index (κ2) is 11.1. The van der Waals surface area contributed by atoms with E-state index in [2.05, 4.69) is 35.7 Å². The number of methoxy groups -OCH3 is 1. The number of halogens is 3. The van der Waals surface area contributed by atoms with E-state index < -0.39 is 11.7 Å². The molecule has 6 rings (SSSR count). The van der Waals surface area contributed by atoms with E-state index in [-0.39, 0.29) is 30.6 Å². The van der Waals surface area contributed by atoms with Crippen molar-refractivity contribution >= 4 is 34.7 Å². The molecule has 12 heteroatoms. The standard InChI is InChI=1S/C29H32F3N7O2/c1-41-25-13-20(39-11-9-38(10-12-39)17-18-5-6-18)7-8-24(25)36-28-34-16-22(29(30,31)32)27(37-28)33-15-19-3-2-4-23-21(19)14-26(40)35-23/h2-4,7-8,13,16,18H,5-6,9-12,14-15,17H2,1H3,(H,35,40)(H2,33,34,36,37). The van der Waals surface area contributed by atoms with Gasteiger partial charge in [0.05, 0.1) is 19.2 Å². The van der Waals surface area contributed by atoms with Crippen molar-refractivity contribution in [3.8, 4) is 5.75 Å². The average molecular weight is 568 g/mol. The largest absolute Gasteiger partial charge is 0.494 e. The Hall–Kier alpha value is -4.06. The van der Waals surface area contributed by atoms with E-state index in [4.69, 9.17) is 4.74 Å². The third-order valence-corrected chi connectivity index (χ3v) is 7.81. The summed E-state index contributed by atoms with van der Waals surface area (Å²) in [6, 6.07) is 11.0. The fraction of sp³-hybridized carbons (Fsp3) is 0.414. The minimum Gasteiger partial charge on any atom is -0.494 e. The monoisotopic (exact) mass is 567 g/mol. The number of hydrogen-bond acceptors (Lipinski definition) is 8. The molecule has 216 valence electrons. The molecule has 1 saturated carbocycles. The van der Waals surface area contributed by atoms with Crippen molar-refractivity contribution in [2.24, 2.45) is 5.92 Å². The smallest absolute Gasteiger partial charge is 0.421 e. The van der Waals surface area contributed by atoms with Crippen LogP contribution in [0.3, 0.4) is 0 Å². The van der Waals surface area contributed by atoms with Crippen molar-refractivity contribution in [3.63, 3.8) is 0 Å². The molecule has 41 heavy (non-hydrogen) atoms. The maximum atomic E-state index is 13.8. The number of aromatic nitrogens is 2. The minimum absolute atomic E-state index is 0.00428. The Kier molecular flexibility index (Phi) is 7.33. The molecule has 0 unspecified atom stereocenters. The number of carbonyl (C=O) groups is 1. The number of nitrogens with zero attached hydrogens (tertiary/aromatic N) is 4. The Morgan fingerprint density at radius 1 is 1.12 bits per heavy atom. The normalized spacial score (nSPS) is 17.3. The van der Waals surface area contributed by atoms with Gasteiger partial charge in [0.15, 0.2) is 0 Å². The van der Waals surface area contributed by atoms with Crippen molar-refractivity contribution in [2.75, 3.05) is 60.7 Å². The van der Waals surface area contributed by atoms with Gasteiger partial charge in [0.1, 0.15) is 17.1 Å². The molecule has 9 nitrogen and oxygen atoms in total. The Morgan fingerprint density at radius 2 is 1.93 bits per heavy atom. The second-order valence-electron chi connectivity index (χ2n) is 10.7. The Morgan fingerprint density at radius 3 is 2.66 bits per heavy atom. The van der Waals surface area contributed by atoms with Crippen LogP contribution in [0.1, 0.15) is 29.5 Å². The maximum absolute atomic E-state index is 13.8. The van der Waals surface area contributed by atoms with Gasteiger partial charge in [-0.25, -0.2) is 4.98 Å². The van der Waals surface area contributed by atoms with Gasteiger partial charge in [0, 0.05) is 62.9 Å². The summed E-state index contributed by atoms with van der Waals surface area (Å²) >= 11 is 0. The second-order valence-corrected chi connectivity index (χ2v) is 10.7. The highest BCUT2D eigenvalue weighted by Crippen LogP contribution is 2.37. The van der Waals surface area contributed by atoms with Gasteiger partial charge in [-0.15, -0.1) is 0 Å². The van der Waals surface area contributed by atoms with Crippen molar-refractivity contribution in [3.05, 3.63) is 59.3 Å². The van der Waals surface area contributed by atoms with E-state index >= 15 is 0 Å². The van der Waals surface area contributed by atoms with Crippen LogP contribution in [0.15, 0.2) is 42.6 Å². The van der Waals surface area contributed by atoms with Gasteiger partial charge >= 0.3 is 6.18 Å². The van der Waals surface area contributed by atoms with E-state index in [1.807, 2.05) is 18.2 Å². The number of amides is 1. The van der Waals surface area contributed by atoms with Crippen LogP contribution in [-0.4, -0.2) is 60.6 Å². The molecular formula is C29H32F3N7O2. The van der Waals surface area contributed by atoms with E-state index in [1.165, 1.54) is 19.4 Å². The Bertz CT molecular complexity index is 1440.